The number of carbonyl (C=O) groups is 3. The zero-order valence-electron chi connectivity index (χ0n) is 18.7. The van der Waals surface area contributed by atoms with Gasteiger partial charge in [-0.25, -0.2) is 4.98 Å². The number of aromatic amines is 1. The third-order valence-corrected chi connectivity index (χ3v) is 4.76. The van der Waals surface area contributed by atoms with E-state index in [0.29, 0.717) is 16.8 Å². The van der Waals surface area contributed by atoms with Gasteiger partial charge < -0.3 is 19.8 Å². The zero-order chi connectivity index (χ0) is 25.6. The van der Waals surface area contributed by atoms with Crippen LogP contribution in [0.2, 0.25) is 0 Å². The second-order valence-electron chi connectivity index (χ2n) is 7.24. The number of nitrogens with zero attached hydrogens (tertiary/aromatic N) is 2. The minimum atomic E-state index is -4.56. The van der Waals surface area contributed by atoms with Gasteiger partial charge in [0.1, 0.15) is 18.3 Å². The Balaban J connectivity index is 1.72. The van der Waals surface area contributed by atoms with Crippen molar-refractivity contribution in [2.24, 2.45) is 0 Å². The van der Waals surface area contributed by atoms with Gasteiger partial charge in [-0.15, -0.1) is 0 Å². The number of halogens is 3. The molecular weight excluding hydrogens is 471 g/mol. The summed E-state index contributed by atoms with van der Waals surface area (Å²) in [5.74, 6) is -2.19. The molecule has 3 rings (SSSR count). The molecule has 3 aromatic rings. The van der Waals surface area contributed by atoms with Crippen LogP contribution in [0.4, 0.5) is 13.2 Å². The van der Waals surface area contributed by atoms with Gasteiger partial charge in [0.15, 0.2) is 0 Å². The number of aromatic nitrogens is 3. The van der Waals surface area contributed by atoms with Gasteiger partial charge in [-0.2, -0.15) is 18.3 Å². The van der Waals surface area contributed by atoms with Crippen molar-refractivity contribution < 1.29 is 36.7 Å². The summed E-state index contributed by atoms with van der Waals surface area (Å²) in [7, 11) is 0. The molecule has 1 unspecified atom stereocenters. The highest BCUT2D eigenvalue weighted by atomic mass is 19.4. The maximum atomic E-state index is 12.9. The molecule has 0 spiro atoms. The van der Waals surface area contributed by atoms with Crippen LogP contribution in [0.25, 0.3) is 22.7 Å². The van der Waals surface area contributed by atoms with Crippen molar-refractivity contribution in [1.82, 2.24) is 25.8 Å². The summed E-state index contributed by atoms with van der Waals surface area (Å²) in [5.41, 5.74) is 1.16. The normalized spacial score (nSPS) is 12.1. The van der Waals surface area contributed by atoms with Gasteiger partial charge >= 0.3 is 12.1 Å². The van der Waals surface area contributed by atoms with Crippen molar-refractivity contribution in [3.63, 3.8) is 0 Å². The van der Waals surface area contributed by atoms with Crippen molar-refractivity contribution in [3.8, 4) is 22.7 Å². The summed E-state index contributed by atoms with van der Waals surface area (Å²) < 4.78 is 49.0. The quantitative estimate of drug-likeness (QED) is 0.389. The van der Waals surface area contributed by atoms with Gasteiger partial charge in [0.2, 0.25) is 11.7 Å². The molecule has 0 saturated carbocycles. The van der Waals surface area contributed by atoms with Crippen molar-refractivity contribution in [2.75, 3.05) is 13.2 Å². The predicted molar refractivity (Wildman–Crippen MR) is 116 cm³/mol. The molecule has 0 aliphatic rings. The summed E-state index contributed by atoms with van der Waals surface area (Å²) in [4.78, 5) is 39.8. The van der Waals surface area contributed by atoms with Gasteiger partial charge in [-0.05, 0) is 31.5 Å². The number of carbonyl (C=O) groups excluding carboxylic acids is 3. The van der Waals surface area contributed by atoms with Crippen LogP contribution in [0.1, 0.15) is 41.3 Å². The average Bonchev–Trinajstić information content (AvgIpc) is 3.51. The SMILES string of the molecule is CCOC(=O)CNC(=O)c1cnc(-c2cccc(-c3cc(C(=O)NC(CC)C(F)(F)F)[nH]n3)c2)o1. The van der Waals surface area contributed by atoms with Crippen LogP contribution in [-0.2, 0) is 9.53 Å². The first-order chi connectivity index (χ1) is 16.6. The standard InChI is InChI=1S/C22H22F3N5O5/c1-3-17(22(23,24)25)28-19(32)15-9-14(29-30-15)12-6-5-7-13(8-12)21-27-10-16(35-21)20(33)26-11-18(31)34-4-2/h5-10,17H,3-4,11H2,1-2H3,(H,26,33)(H,28,32)(H,29,30). The number of hydrogen-bond donors (Lipinski definition) is 3. The molecule has 0 saturated heterocycles. The number of esters is 1. The number of rotatable bonds is 9. The van der Waals surface area contributed by atoms with E-state index in [1.54, 1.807) is 31.2 Å². The third kappa shape index (κ3) is 6.46. The Labute approximate surface area is 197 Å². The number of ether oxygens (including phenoxy) is 1. The number of hydrogen-bond acceptors (Lipinski definition) is 7. The minimum Gasteiger partial charge on any atom is -0.465 e. The van der Waals surface area contributed by atoms with Crippen LogP contribution < -0.4 is 10.6 Å². The topological polar surface area (TPSA) is 139 Å². The fraction of sp³-hybridized carbons (Fsp3) is 0.318. The monoisotopic (exact) mass is 493 g/mol. The zero-order valence-corrected chi connectivity index (χ0v) is 18.7. The molecule has 186 valence electrons. The summed E-state index contributed by atoms with van der Waals surface area (Å²) in [5, 5.41) is 10.7. The highest BCUT2D eigenvalue weighted by Crippen LogP contribution is 2.26. The number of H-pyrrole nitrogens is 1. The van der Waals surface area contributed by atoms with Crippen LogP contribution in [0.5, 0.6) is 0 Å². The summed E-state index contributed by atoms with van der Waals surface area (Å²) in [6.07, 6.45) is -3.67. The molecule has 2 heterocycles. The van der Waals surface area contributed by atoms with Crippen molar-refractivity contribution >= 4 is 17.8 Å². The molecule has 0 radical (unpaired) electrons. The molecule has 0 aliphatic carbocycles. The van der Waals surface area contributed by atoms with Gasteiger partial charge in [0, 0.05) is 11.1 Å². The Hall–Kier alpha value is -4.16. The molecule has 2 aromatic heterocycles. The van der Waals surface area contributed by atoms with E-state index in [1.807, 2.05) is 5.32 Å². The van der Waals surface area contributed by atoms with Gasteiger partial charge in [0.05, 0.1) is 18.5 Å². The first kappa shape index (κ1) is 25.5. The van der Waals surface area contributed by atoms with E-state index in [0.717, 1.165) is 0 Å². The average molecular weight is 493 g/mol. The summed E-state index contributed by atoms with van der Waals surface area (Å²) >= 11 is 0. The van der Waals surface area contributed by atoms with E-state index < -0.39 is 30.0 Å². The molecule has 1 aromatic carbocycles. The predicted octanol–water partition coefficient (Wildman–Crippen LogP) is 3.10. The van der Waals surface area contributed by atoms with Gasteiger partial charge in [-0.3, -0.25) is 19.5 Å². The Bertz CT molecular complexity index is 1200. The first-order valence-corrected chi connectivity index (χ1v) is 10.6. The Kier molecular flexibility index (Phi) is 7.89. The molecular formula is C22H22F3N5O5. The van der Waals surface area contributed by atoms with Crippen molar-refractivity contribution in [3.05, 3.63) is 48.0 Å². The lowest BCUT2D eigenvalue weighted by Crippen LogP contribution is -2.45. The molecule has 13 heteroatoms. The van der Waals surface area contributed by atoms with Crippen LogP contribution in [-0.4, -0.2) is 58.3 Å². The van der Waals surface area contributed by atoms with E-state index in [2.05, 4.69) is 20.5 Å². The summed E-state index contributed by atoms with van der Waals surface area (Å²) in [6, 6.07) is 5.95. The number of nitrogens with one attached hydrogen (secondary N) is 3. The van der Waals surface area contributed by atoms with E-state index in [1.165, 1.54) is 19.2 Å². The molecule has 10 nitrogen and oxygen atoms in total. The lowest BCUT2D eigenvalue weighted by molar-refractivity contribution is -0.153. The molecule has 2 amide bonds. The Morgan fingerprint density at radius 1 is 1.14 bits per heavy atom. The molecule has 3 N–H and O–H groups in total. The van der Waals surface area contributed by atoms with Crippen molar-refractivity contribution in [2.45, 2.75) is 32.5 Å². The van der Waals surface area contributed by atoms with Gasteiger partial charge in [-0.1, -0.05) is 19.1 Å². The van der Waals surface area contributed by atoms with E-state index in [-0.39, 0.29) is 36.9 Å². The van der Waals surface area contributed by atoms with Gasteiger partial charge in [0.25, 0.3) is 11.8 Å². The number of oxazole rings is 1. The lowest BCUT2D eigenvalue weighted by Gasteiger charge is -2.19. The van der Waals surface area contributed by atoms with Crippen molar-refractivity contribution in [1.29, 1.82) is 0 Å². The van der Waals surface area contributed by atoms with Crippen LogP contribution in [0.15, 0.2) is 40.9 Å². The maximum Gasteiger partial charge on any atom is 0.408 e. The second kappa shape index (κ2) is 10.8. The summed E-state index contributed by atoms with van der Waals surface area (Å²) in [6.45, 7) is 2.83. The third-order valence-electron chi connectivity index (χ3n) is 4.76. The fourth-order valence-electron chi connectivity index (χ4n) is 3.01. The Morgan fingerprint density at radius 2 is 1.89 bits per heavy atom. The molecule has 1 atom stereocenters. The number of benzene rings is 1. The van der Waals surface area contributed by atoms with E-state index >= 15 is 0 Å². The smallest absolute Gasteiger partial charge is 0.408 e. The molecule has 0 fully saturated rings. The number of alkyl halides is 3. The molecule has 0 aliphatic heterocycles. The van der Waals surface area contributed by atoms with Crippen LogP contribution >= 0.6 is 0 Å². The minimum absolute atomic E-state index is 0.109. The highest BCUT2D eigenvalue weighted by molar-refractivity contribution is 5.94. The van der Waals surface area contributed by atoms with Crippen LogP contribution in [0.3, 0.4) is 0 Å². The first-order valence-electron chi connectivity index (χ1n) is 10.6. The number of amides is 2. The highest BCUT2D eigenvalue weighted by Gasteiger charge is 2.39. The lowest BCUT2D eigenvalue weighted by atomic mass is 10.1. The fourth-order valence-corrected chi connectivity index (χ4v) is 3.01. The Morgan fingerprint density at radius 3 is 2.57 bits per heavy atom. The van der Waals surface area contributed by atoms with E-state index in [4.69, 9.17) is 9.15 Å². The largest absolute Gasteiger partial charge is 0.465 e. The maximum absolute atomic E-state index is 12.9. The molecule has 35 heavy (non-hydrogen) atoms. The van der Waals surface area contributed by atoms with E-state index in [9.17, 15) is 27.6 Å². The second-order valence-corrected chi connectivity index (χ2v) is 7.24. The molecule has 0 bridgehead atoms. The van der Waals surface area contributed by atoms with Crippen LogP contribution in [0, 0.1) is 0 Å².